The van der Waals surface area contributed by atoms with Crippen LogP contribution in [-0.2, 0) is 0 Å². The van der Waals surface area contributed by atoms with Crippen molar-refractivity contribution in [2.75, 3.05) is 27.9 Å². The van der Waals surface area contributed by atoms with Gasteiger partial charge in [0, 0.05) is 16.5 Å². The molecule has 0 saturated carbocycles. The molecule has 2 aromatic carbocycles. The molecule has 0 bridgehead atoms. The Labute approximate surface area is 181 Å². The Balaban J connectivity index is 2.17. The molecule has 0 spiro atoms. The third kappa shape index (κ3) is 4.48. The highest BCUT2D eigenvalue weighted by Gasteiger charge is 2.21. The van der Waals surface area contributed by atoms with E-state index in [1.54, 1.807) is 33.1 Å². The molecule has 0 atom stereocenters. The van der Waals surface area contributed by atoms with Crippen LogP contribution in [0.4, 0.5) is 0 Å². The molecule has 3 rings (SSSR count). The average Bonchev–Trinajstić information content (AvgIpc) is 3.16. The van der Waals surface area contributed by atoms with Gasteiger partial charge in [-0.2, -0.15) is 0 Å². The number of nitrogens with zero attached hydrogens (tertiary/aromatic N) is 3. The summed E-state index contributed by atoms with van der Waals surface area (Å²) < 4.78 is 24.1. The van der Waals surface area contributed by atoms with E-state index in [0.717, 1.165) is 22.2 Å². The van der Waals surface area contributed by atoms with Crippen LogP contribution in [0.3, 0.4) is 0 Å². The summed E-state index contributed by atoms with van der Waals surface area (Å²) >= 11 is 1.65. The van der Waals surface area contributed by atoms with E-state index in [-0.39, 0.29) is 0 Å². The van der Waals surface area contributed by atoms with E-state index >= 15 is 0 Å². The zero-order valence-electron chi connectivity index (χ0n) is 18.1. The topological polar surface area (TPSA) is 67.6 Å². The van der Waals surface area contributed by atoms with Gasteiger partial charge in [0.05, 0.1) is 27.9 Å². The predicted molar refractivity (Wildman–Crippen MR) is 119 cm³/mol. The smallest absolute Gasteiger partial charge is 0.203 e. The number of rotatable bonds is 9. The van der Waals surface area contributed by atoms with Gasteiger partial charge < -0.3 is 18.9 Å². The largest absolute Gasteiger partial charge is 0.494 e. The molecule has 8 heteroatoms. The Morgan fingerprint density at radius 2 is 1.57 bits per heavy atom. The number of thioether (sulfide) groups is 1. The van der Waals surface area contributed by atoms with Gasteiger partial charge in [0.15, 0.2) is 22.5 Å². The first kappa shape index (κ1) is 21.8. The first-order chi connectivity index (χ1) is 14.5. The van der Waals surface area contributed by atoms with Gasteiger partial charge in [0.2, 0.25) is 5.75 Å². The lowest BCUT2D eigenvalue weighted by Crippen LogP contribution is -2.03. The number of hydrogen-bond acceptors (Lipinski definition) is 7. The van der Waals surface area contributed by atoms with Gasteiger partial charge in [-0.1, -0.05) is 25.6 Å². The van der Waals surface area contributed by atoms with Crippen LogP contribution < -0.4 is 18.9 Å². The van der Waals surface area contributed by atoms with E-state index in [1.165, 1.54) is 0 Å². The lowest BCUT2D eigenvalue weighted by molar-refractivity contribution is 0.324. The van der Waals surface area contributed by atoms with Crippen molar-refractivity contribution in [3.05, 3.63) is 36.4 Å². The molecule has 0 aliphatic heterocycles. The van der Waals surface area contributed by atoms with Crippen molar-refractivity contribution in [1.82, 2.24) is 14.8 Å². The Morgan fingerprint density at radius 1 is 0.933 bits per heavy atom. The fourth-order valence-corrected chi connectivity index (χ4v) is 3.85. The van der Waals surface area contributed by atoms with Crippen LogP contribution >= 0.6 is 11.8 Å². The van der Waals surface area contributed by atoms with E-state index in [2.05, 4.69) is 24.0 Å². The summed E-state index contributed by atoms with van der Waals surface area (Å²) in [4.78, 5) is 0. The summed E-state index contributed by atoms with van der Waals surface area (Å²) in [5.41, 5.74) is 1.75. The summed E-state index contributed by atoms with van der Waals surface area (Å²) in [5, 5.41) is 10.1. The van der Waals surface area contributed by atoms with E-state index in [4.69, 9.17) is 18.9 Å². The van der Waals surface area contributed by atoms with Crippen LogP contribution in [0, 0.1) is 0 Å². The second-order valence-corrected chi connectivity index (χ2v) is 8.19. The van der Waals surface area contributed by atoms with E-state index < -0.39 is 0 Å². The van der Waals surface area contributed by atoms with Crippen molar-refractivity contribution in [3.8, 4) is 40.1 Å². The first-order valence-electron chi connectivity index (χ1n) is 9.68. The molecule has 3 aromatic rings. The maximum absolute atomic E-state index is 5.58. The van der Waals surface area contributed by atoms with Crippen LogP contribution in [0.5, 0.6) is 23.0 Å². The standard InChI is InChI=1S/C22H27N3O4S/c1-7-29-17-10-8-16(9-11-17)25-21(23-24-22(25)30-14(2)3)15-12-18(26-4)20(28-6)19(13-15)27-5/h8-14H,7H2,1-6H3. The number of ether oxygens (including phenoxy) is 4. The summed E-state index contributed by atoms with van der Waals surface area (Å²) in [6.07, 6.45) is 0. The van der Waals surface area contributed by atoms with Crippen LogP contribution in [0.2, 0.25) is 0 Å². The molecule has 7 nitrogen and oxygen atoms in total. The molecular formula is C22H27N3O4S. The van der Waals surface area contributed by atoms with Crippen molar-refractivity contribution >= 4 is 11.8 Å². The van der Waals surface area contributed by atoms with Crippen molar-refractivity contribution in [2.24, 2.45) is 0 Å². The fraction of sp³-hybridized carbons (Fsp3) is 0.364. The van der Waals surface area contributed by atoms with Gasteiger partial charge in [-0.25, -0.2) is 0 Å². The van der Waals surface area contributed by atoms with Gasteiger partial charge in [0.1, 0.15) is 5.75 Å². The molecule has 0 aliphatic carbocycles. The zero-order valence-corrected chi connectivity index (χ0v) is 18.9. The molecule has 1 aromatic heterocycles. The molecule has 0 saturated heterocycles. The minimum Gasteiger partial charge on any atom is -0.494 e. The highest BCUT2D eigenvalue weighted by Crippen LogP contribution is 2.42. The van der Waals surface area contributed by atoms with Crippen molar-refractivity contribution < 1.29 is 18.9 Å². The van der Waals surface area contributed by atoms with Gasteiger partial charge >= 0.3 is 0 Å². The van der Waals surface area contributed by atoms with Gasteiger partial charge in [-0.15, -0.1) is 10.2 Å². The monoisotopic (exact) mass is 429 g/mol. The Morgan fingerprint density at radius 3 is 2.07 bits per heavy atom. The molecule has 0 N–H and O–H groups in total. The number of methoxy groups -OCH3 is 3. The fourth-order valence-electron chi connectivity index (χ4n) is 3.05. The second kappa shape index (κ2) is 9.75. The number of benzene rings is 2. The lowest BCUT2D eigenvalue weighted by Gasteiger charge is -2.15. The van der Waals surface area contributed by atoms with Crippen molar-refractivity contribution in [2.45, 2.75) is 31.2 Å². The third-order valence-electron chi connectivity index (χ3n) is 4.30. The molecule has 30 heavy (non-hydrogen) atoms. The zero-order chi connectivity index (χ0) is 21.7. The second-order valence-electron chi connectivity index (χ2n) is 6.65. The lowest BCUT2D eigenvalue weighted by atomic mass is 10.1. The van der Waals surface area contributed by atoms with E-state index in [9.17, 15) is 0 Å². The van der Waals surface area contributed by atoms with Crippen LogP contribution in [0.15, 0.2) is 41.6 Å². The minimum absolute atomic E-state index is 0.350. The van der Waals surface area contributed by atoms with Crippen LogP contribution in [0.25, 0.3) is 17.1 Å². The highest BCUT2D eigenvalue weighted by atomic mass is 32.2. The molecule has 0 fully saturated rings. The van der Waals surface area contributed by atoms with Gasteiger partial charge in [-0.3, -0.25) is 4.57 Å². The van der Waals surface area contributed by atoms with E-state index in [0.29, 0.717) is 34.9 Å². The predicted octanol–water partition coefficient (Wildman–Crippen LogP) is 4.86. The Bertz CT molecular complexity index is 962. The molecular weight excluding hydrogens is 402 g/mol. The molecule has 0 amide bonds. The average molecular weight is 430 g/mol. The van der Waals surface area contributed by atoms with Crippen LogP contribution in [0.1, 0.15) is 20.8 Å². The van der Waals surface area contributed by atoms with Crippen LogP contribution in [-0.4, -0.2) is 48.0 Å². The van der Waals surface area contributed by atoms with Gasteiger partial charge in [-0.05, 0) is 43.3 Å². The number of hydrogen-bond donors (Lipinski definition) is 0. The molecule has 160 valence electrons. The molecule has 0 radical (unpaired) electrons. The maximum atomic E-state index is 5.58. The quantitative estimate of drug-likeness (QED) is 0.450. The summed E-state index contributed by atoms with van der Waals surface area (Å²) in [6.45, 7) is 6.84. The Hall–Kier alpha value is -2.87. The van der Waals surface area contributed by atoms with Crippen molar-refractivity contribution in [3.63, 3.8) is 0 Å². The SMILES string of the molecule is CCOc1ccc(-n2c(SC(C)C)nnc2-c2cc(OC)c(OC)c(OC)c2)cc1. The molecule has 0 aliphatic rings. The normalized spacial score (nSPS) is 10.9. The van der Waals surface area contributed by atoms with Gasteiger partial charge in [0.25, 0.3) is 0 Å². The summed E-state index contributed by atoms with van der Waals surface area (Å²) in [5.74, 6) is 3.16. The van der Waals surface area contributed by atoms with Crippen molar-refractivity contribution in [1.29, 1.82) is 0 Å². The maximum Gasteiger partial charge on any atom is 0.203 e. The first-order valence-corrected chi connectivity index (χ1v) is 10.6. The number of aromatic nitrogens is 3. The highest BCUT2D eigenvalue weighted by molar-refractivity contribution is 7.99. The van der Waals surface area contributed by atoms with E-state index in [1.807, 2.05) is 47.9 Å². The third-order valence-corrected chi connectivity index (χ3v) is 5.25. The minimum atomic E-state index is 0.350. The summed E-state index contributed by atoms with van der Waals surface area (Å²) in [7, 11) is 4.77. The molecule has 1 heterocycles. The Kier molecular flexibility index (Phi) is 7.10. The molecule has 0 unspecified atom stereocenters. The summed E-state index contributed by atoms with van der Waals surface area (Å²) in [6, 6.07) is 11.6.